The summed E-state index contributed by atoms with van der Waals surface area (Å²) in [4.78, 5) is 10.4. The van der Waals surface area contributed by atoms with Crippen LogP contribution in [-0.2, 0) is 9.53 Å². The van der Waals surface area contributed by atoms with Gasteiger partial charge in [0, 0.05) is 6.08 Å². The van der Waals surface area contributed by atoms with Crippen molar-refractivity contribution in [3.05, 3.63) is 12.2 Å². The van der Waals surface area contributed by atoms with Crippen LogP contribution in [0.15, 0.2) is 12.2 Å². The predicted molar refractivity (Wildman–Crippen MR) is 63.6 cm³/mol. The smallest absolute Gasteiger partial charge is 0.328 e. The second-order valence-electron chi connectivity index (χ2n) is 6.15. The quantitative estimate of drug-likeness (QED) is 0.763. The Bertz CT molecular complexity index is 310. The Labute approximate surface area is 102 Å². The van der Waals surface area contributed by atoms with E-state index in [4.69, 9.17) is 9.84 Å². The van der Waals surface area contributed by atoms with E-state index in [0.29, 0.717) is 6.61 Å². The van der Waals surface area contributed by atoms with Crippen LogP contribution in [0.5, 0.6) is 0 Å². The predicted octanol–water partition coefficient (Wildman–Crippen LogP) is 2.61. The number of carbonyl (C=O) groups is 1. The lowest BCUT2D eigenvalue weighted by Crippen LogP contribution is -2.52. The number of hydrogen-bond donors (Lipinski definition) is 1. The monoisotopic (exact) mass is 236 g/mol. The second-order valence-corrected chi connectivity index (χ2v) is 6.15. The summed E-state index contributed by atoms with van der Waals surface area (Å²) < 4.78 is 6.04. The highest BCUT2D eigenvalue weighted by Crippen LogP contribution is 2.57. The molecule has 0 saturated heterocycles. The van der Waals surface area contributed by atoms with Gasteiger partial charge in [0.1, 0.15) is 0 Å². The lowest BCUT2D eigenvalue weighted by molar-refractivity contribution is -0.155. The van der Waals surface area contributed by atoms with Gasteiger partial charge in [-0.25, -0.2) is 4.79 Å². The highest BCUT2D eigenvalue weighted by atomic mass is 16.5. The average Bonchev–Trinajstić information content (AvgIpc) is 2.22. The summed E-state index contributed by atoms with van der Waals surface area (Å²) in [5, 5.41) is 8.53. The van der Waals surface area contributed by atoms with Crippen LogP contribution in [0.1, 0.15) is 38.5 Å². The van der Waals surface area contributed by atoms with Gasteiger partial charge in [0.05, 0.1) is 12.2 Å². The Balaban J connectivity index is 1.60. The van der Waals surface area contributed by atoms with Gasteiger partial charge in [0.15, 0.2) is 0 Å². The number of carboxylic acids is 1. The lowest BCUT2D eigenvalue weighted by Gasteiger charge is -2.56. The molecule has 17 heavy (non-hydrogen) atoms. The lowest BCUT2D eigenvalue weighted by atomic mass is 9.54. The molecule has 0 aromatic rings. The van der Waals surface area contributed by atoms with Crippen molar-refractivity contribution in [3.8, 4) is 0 Å². The molecule has 0 aliphatic heterocycles. The first kappa shape index (κ1) is 11.3. The van der Waals surface area contributed by atoms with Crippen LogP contribution in [0.25, 0.3) is 0 Å². The van der Waals surface area contributed by atoms with Crippen molar-refractivity contribution < 1.29 is 14.6 Å². The van der Waals surface area contributed by atoms with E-state index < -0.39 is 5.97 Å². The minimum Gasteiger partial charge on any atom is -0.478 e. The minimum atomic E-state index is -0.890. The largest absolute Gasteiger partial charge is 0.478 e. The summed E-state index contributed by atoms with van der Waals surface area (Å²) in [5.41, 5.74) is 0.0948. The van der Waals surface area contributed by atoms with Crippen molar-refractivity contribution in [1.29, 1.82) is 0 Å². The first-order valence-corrected chi connectivity index (χ1v) is 6.69. The summed E-state index contributed by atoms with van der Waals surface area (Å²) in [5.74, 6) is 1.75. The van der Waals surface area contributed by atoms with Gasteiger partial charge in [0.25, 0.3) is 0 Å². The molecule has 0 amide bonds. The molecule has 4 aliphatic rings. The van der Waals surface area contributed by atoms with E-state index in [1.54, 1.807) is 6.08 Å². The average molecular weight is 236 g/mol. The maximum atomic E-state index is 10.4. The summed E-state index contributed by atoms with van der Waals surface area (Å²) in [6.07, 6.45) is 10.7. The zero-order valence-corrected chi connectivity index (χ0v) is 10.1. The molecule has 0 unspecified atom stereocenters. The number of carboxylic acid groups (broad SMARTS) is 1. The normalized spacial score (nSPS) is 43.4. The van der Waals surface area contributed by atoms with Gasteiger partial charge in [0.2, 0.25) is 0 Å². The molecule has 0 atom stereocenters. The van der Waals surface area contributed by atoms with Gasteiger partial charge in [-0.05, 0) is 56.3 Å². The van der Waals surface area contributed by atoms with Crippen LogP contribution in [0.3, 0.4) is 0 Å². The van der Waals surface area contributed by atoms with Gasteiger partial charge < -0.3 is 9.84 Å². The van der Waals surface area contributed by atoms with E-state index in [-0.39, 0.29) is 5.60 Å². The van der Waals surface area contributed by atoms with E-state index in [2.05, 4.69) is 0 Å². The highest BCUT2D eigenvalue weighted by molar-refractivity contribution is 5.79. The topological polar surface area (TPSA) is 46.5 Å². The van der Waals surface area contributed by atoms with Crippen LogP contribution in [0, 0.1) is 17.8 Å². The van der Waals surface area contributed by atoms with E-state index in [1.165, 1.54) is 44.6 Å². The van der Waals surface area contributed by atoms with Gasteiger partial charge in [-0.3, -0.25) is 0 Å². The molecule has 4 aliphatic carbocycles. The fourth-order valence-electron chi connectivity index (χ4n) is 4.58. The molecule has 4 rings (SSSR count). The molecule has 3 nitrogen and oxygen atoms in total. The molecular weight excluding hydrogens is 216 g/mol. The second kappa shape index (κ2) is 4.13. The number of ether oxygens (including phenoxy) is 1. The third kappa shape index (κ3) is 2.25. The van der Waals surface area contributed by atoms with Gasteiger partial charge >= 0.3 is 5.97 Å². The van der Waals surface area contributed by atoms with Crippen molar-refractivity contribution in [3.63, 3.8) is 0 Å². The standard InChI is InChI=1S/C14H20O3/c15-13(16)2-1-3-17-14-7-10-4-11(8-14)6-12(5-10)9-14/h1-2,10-12H,3-9H2,(H,15,16)/b2-1+. The Morgan fingerprint density at radius 3 is 2.18 bits per heavy atom. The van der Waals surface area contributed by atoms with Crippen molar-refractivity contribution in [2.24, 2.45) is 17.8 Å². The van der Waals surface area contributed by atoms with Gasteiger partial charge in [-0.15, -0.1) is 0 Å². The molecule has 3 heteroatoms. The maximum Gasteiger partial charge on any atom is 0.328 e. The van der Waals surface area contributed by atoms with Crippen molar-refractivity contribution in [2.45, 2.75) is 44.1 Å². The molecule has 1 N–H and O–H groups in total. The third-order valence-corrected chi connectivity index (χ3v) is 4.73. The van der Waals surface area contributed by atoms with Crippen LogP contribution >= 0.6 is 0 Å². The van der Waals surface area contributed by atoms with Crippen molar-refractivity contribution >= 4 is 5.97 Å². The van der Waals surface area contributed by atoms with Crippen molar-refractivity contribution in [1.82, 2.24) is 0 Å². The molecule has 4 fully saturated rings. The Hall–Kier alpha value is -0.830. The van der Waals surface area contributed by atoms with E-state index >= 15 is 0 Å². The van der Waals surface area contributed by atoms with Crippen LogP contribution in [0.4, 0.5) is 0 Å². The summed E-state index contributed by atoms with van der Waals surface area (Å²) in [6.45, 7) is 0.457. The number of rotatable bonds is 4. The zero-order valence-electron chi connectivity index (χ0n) is 10.1. The first-order valence-electron chi connectivity index (χ1n) is 6.69. The van der Waals surface area contributed by atoms with Gasteiger partial charge in [-0.2, -0.15) is 0 Å². The molecule has 4 bridgehead atoms. The highest BCUT2D eigenvalue weighted by Gasteiger charge is 2.51. The van der Waals surface area contributed by atoms with Crippen LogP contribution in [0.2, 0.25) is 0 Å². The minimum absolute atomic E-state index is 0.0948. The molecular formula is C14H20O3. The molecule has 0 spiro atoms. The van der Waals surface area contributed by atoms with Crippen LogP contribution in [-0.4, -0.2) is 23.3 Å². The zero-order chi connectivity index (χ0) is 11.9. The van der Waals surface area contributed by atoms with E-state index in [9.17, 15) is 4.79 Å². The Kier molecular flexibility index (Phi) is 2.74. The molecule has 0 aromatic carbocycles. The molecule has 94 valence electrons. The summed E-state index contributed by atoms with van der Waals surface area (Å²) in [7, 11) is 0. The van der Waals surface area contributed by atoms with E-state index in [0.717, 1.165) is 17.8 Å². The van der Waals surface area contributed by atoms with Crippen molar-refractivity contribution in [2.75, 3.05) is 6.61 Å². The number of aliphatic carboxylic acids is 1. The molecule has 0 radical (unpaired) electrons. The maximum absolute atomic E-state index is 10.4. The fourth-order valence-corrected chi connectivity index (χ4v) is 4.58. The van der Waals surface area contributed by atoms with E-state index in [1.807, 2.05) is 0 Å². The Morgan fingerprint density at radius 2 is 1.71 bits per heavy atom. The number of hydrogen-bond acceptors (Lipinski definition) is 2. The Morgan fingerprint density at radius 1 is 1.18 bits per heavy atom. The van der Waals surface area contributed by atoms with Crippen LogP contribution < -0.4 is 0 Å². The third-order valence-electron chi connectivity index (χ3n) is 4.73. The molecule has 0 heterocycles. The fraction of sp³-hybridized carbons (Fsp3) is 0.786. The summed E-state index contributed by atoms with van der Waals surface area (Å²) in [6, 6.07) is 0. The molecule has 4 saturated carbocycles. The SMILES string of the molecule is O=C(O)/C=C/COC12CC3CC(CC(C3)C1)C2. The van der Waals surface area contributed by atoms with Gasteiger partial charge in [-0.1, -0.05) is 6.08 Å². The first-order chi connectivity index (χ1) is 8.15. The molecule has 0 aromatic heterocycles. The summed E-state index contributed by atoms with van der Waals surface area (Å²) >= 11 is 0.